The lowest BCUT2D eigenvalue weighted by Crippen LogP contribution is -3.14. The predicted molar refractivity (Wildman–Crippen MR) is 100 cm³/mol. The van der Waals surface area contributed by atoms with Crippen molar-refractivity contribution in [2.24, 2.45) is 0 Å². The molecule has 0 saturated heterocycles. The average Bonchev–Trinajstić information content (AvgIpc) is 3.13. The van der Waals surface area contributed by atoms with Crippen LogP contribution < -0.4 is 15.5 Å². The molecule has 3 N–H and O–H groups in total. The Morgan fingerprint density at radius 1 is 1.08 bits per heavy atom. The molecule has 0 spiro atoms. The molecule has 2 amide bonds. The molecule has 0 bridgehead atoms. The van der Waals surface area contributed by atoms with E-state index in [2.05, 4.69) is 10.6 Å². The molecule has 1 heterocycles. The lowest BCUT2D eigenvalue weighted by atomic mass is 10.1. The number of nitrogens with one attached hydrogen (secondary N) is 3. The monoisotopic (exact) mass is 360 g/mol. The van der Waals surface area contributed by atoms with Gasteiger partial charge >= 0.3 is 0 Å². The second-order valence-electron chi connectivity index (χ2n) is 6.01. The van der Waals surface area contributed by atoms with Gasteiger partial charge in [0, 0.05) is 4.88 Å². The van der Waals surface area contributed by atoms with E-state index in [-0.39, 0.29) is 17.9 Å². The molecule has 0 fully saturated rings. The van der Waals surface area contributed by atoms with Crippen LogP contribution in [0.3, 0.4) is 0 Å². The molecule has 25 heavy (non-hydrogen) atoms. The molecule has 0 radical (unpaired) electrons. The maximum Gasteiger partial charge on any atom is 0.275 e. The molecule has 134 valence electrons. The molecule has 1 aromatic heterocycles. The number of thiophene rings is 1. The lowest BCUT2D eigenvalue weighted by molar-refractivity contribution is -0.881. The topological polar surface area (TPSA) is 62.6 Å². The number of benzene rings is 1. The molecule has 1 unspecified atom stereocenters. The first-order valence-corrected chi connectivity index (χ1v) is 9.43. The number of likely N-dealkylation sites (N-methyl/N-ethyl adjacent to an activating group) is 1. The summed E-state index contributed by atoms with van der Waals surface area (Å²) in [6.07, 6.45) is 0. The van der Waals surface area contributed by atoms with Crippen LogP contribution in [0, 0.1) is 0 Å². The smallest absolute Gasteiger partial charge is 0.275 e. The van der Waals surface area contributed by atoms with Crippen LogP contribution in [-0.2, 0) is 16.1 Å². The maximum absolute atomic E-state index is 12.3. The van der Waals surface area contributed by atoms with Crippen LogP contribution in [0.2, 0.25) is 0 Å². The summed E-state index contributed by atoms with van der Waals surface area (Å²) in [5.41, 5.74) is 1.07. The van der Waals surface area contributed by atoms with E-state index < -0.39 is 0 Å². The summed E-state index contributed by atoms with van der Waals surface area (Å²) < 4.78 is 0. The Labute approximate surface area is 153 Å². The molecule has 2 rings (SSSR count). The number of amides is 2. The zero-order valence-electron chi connectivity index (χ0n) is 14.7. The van der Waals surface area contributed by atoms with Gasteiger partial charge in [-0.05, 0) is 30.9 Å². The number of hydrogen-bond acceptors (Lipinski definition) is 3. The fourth-order valence-corrected chi connectivity index (χ4v) is 3.19. The Hall–Kier alpha value is -2.18. The van der Waals surface area contributed by atoms with E-state index in [4.69, 9.17) is 0 Å². The molecule has 2 aromatic rings. The SMILES string of the molecule is CC[NH+](CC(=O)NCc1cccs1)CC(=O)N[C@@H](C)c1ccccc1. The third-order valence-corrected chi connectivity index (χ3v) is 4.91. The summed E-state index contributed by atoms with van der Waals surface area (Å²) >= 11 is 1.62. The van der Waals surface area contributed by atoms with Crippen molar-refractivity contribution in [3.8, 4) is 0 Å². The standard InChI is InChI=1S/C19H25N3O2S/c1-3-22(13-18(23)20-12-17-10-7-11-25-17)14-19(24)21-15(2)16-8-5-4-6-9-16/h4-11,15H,3,12-14H2,1-2H3,(H,20,23)(H,21,24)/p+1/t15-/m0/s1. The van der Waals surface area contributed by atoms with Crippen LogP contribution in [-0.4, -0.2) is 31.4 Å². The van der Waals surface area contributed by atoms with Crippen LogP contribution in [0.25, 0.3) is 0 Å². The van der Waals surface area contributed by atoms with Gasteiger partial charge < -0.3 is 15.5 Å². The highest BCUT2D eigenvalue weighted by molar-refractivity contribution is 7.09. The summed E-state index contributed by atoms with van der Waals surface area (Å²) in [6, 6.07) is 13.8. The summed E-state index contributed by atoms with van der Waals surface area (Å²) in [5, 5.41) is 7.90. The van der Waals surface area contributed by atoms with Gasteiger partial charge in [-0.1, -0.05) is 36.4 Å². The number of hydrogen-bond donors (Lipinski definition) is 3. The largest absolute Gasteiger partial charge is 0.346 e. The van der Waals surface area contributed by atoms with Gasteiger partial charge in [0.05, 0.1) is 19.1 Å². The first-order chi connectivity index (χ1) is 12.1. The van der Waals surface area contributed by atoms with Crippen LogP contribution >= 0.6 is 11.3 Å². The third kappa shape index (κ3) is 6.68. The molecule has 0 aliphatic heterocycles. The van der Waals surface area contributed by atoms with E-state index in [1.807, 2.05) is 61.7 Å². The van der Waals surface area contributed by atoms with E-state index in [0.717, 1.165) is 21.9 Å². The van der Waals surface area contributed by atoms with Gasteiger partial charge in [0.15, 0.2) is 13.1 Å². The Bertz CT molecular complexity index is 659. The first kappa shape index (κ1) is 19.1. The first-order valence-electron chi connectivity index (χ1n) is 8.55. The fourth-order valence-electron chi connectivity index (χ4n) is 2.55. The average molecular weight is 361 g/mol. The molecule has 2 atom stereocenters. The molecular weight excluding hydrogens is 334 g/mol. The maximum atomic E-state index is 12.3. The number of carbonyl (C=O) groups is 2. The van der Waals surface area contributed by atoms with E-state index in [9.17, 15) is 9.59 Å². The van der Waals surface area contributed by atoms with Crippen molar-refractivity contribution in [3.05, 3.63) is 58.3 Å². The minimum atomic E-state index is -0.0424. The summed E-state index contributed by atoms with van der Waals surface area (Å²) in [7, 11) is 0. The van der Waals surface area contributed by atoms with Crippen LogP contribution in [0.4, 0.5) is 0 Å². The summed E-state index contributed by atoms with van der Waals surface area (Å²) in [6.45, 7) is 5.81. The molecule has 1 aromatic carbocycles. The van der Waals surface area contributed by atoms with E-state index in [1.54, 1.807) is 11.3 Å². The summed E-state index contributed by atoms with van der Waals surface area (Å²) in [5.74, 6) is -0.0755. The molecule has 0 saturated carbocycles. The highest BCUT2D eigenvalue weighted by Crippen LogP contribution is 2.10. The van der Waals surface area contributed by atoms with Crippen molar-refractivity contribution in [1.82, 2.24) is 10.6 Å². The van der Waals surface area contributed by atoms with Crippen molar-refractivity contribution in [2.45, 2.75) is 26.4 Å². The Morgan fingerprint density at radius 2 is 1.80 bits per heavy atom. The lowest BCUT2D eigenvalue weighted by Gasteiger charge is -2.19. The number of rotatable bonds is 9. The van der Waals surface area contributed by atoms with Gasteiger partial charge in [0.1, 0.15) is 0 Å². The molecule has 0 aliphatic carbocycles. The van der Waals surface area contributed by atoms with Gasteiger partial charge in [-0.2, -0.15) is 0 Å². The van der Waals surface area contributed by atoms with Crippen molar-refractivity contribution in [3.63, 3.8) is 0 Å². The van der Waals surface area contributed by atoms with Crippen molar-refractivity contribution >= 4 is 23.2 Å². The van der Waals surface area contributed by atoms with Crippen LogP contribution in [0.15, 0.2) is 47.8 Å². The quantitative estimate of drug-likeness (QED) is 0.628. The highest BCUT2D eigenvalue weighted by atomic mass is 32.1. The van der Waals surface area contributed by atoms with Gasteiger partial charge in [0.25, 0.3) is 11.8 Å². The van der Waals surface area contributed by atoms with Crippen molar-refractivity contribution in [1.29, 1.82) is 0 Å². The zero-order chi connectivity index (χ0) is 18.1. The Kier molecular flexibility index (Phi) is 7.63. The predicted octanol–water partition coefficient (Wildman–Crippen LogP) is 1.15. The van der Waals surface area contributed by atoms with Crippen LogP contribution in [0.5, 0.6) is 0 Å². The molecular formula is C19H26N3O2S+. The normalized spacial score (nSPS) is 13.0. The summed E-state index contributed by atoms with van der Waals surface area (Å²) in [4.78, 5) is 26.4. The second-order valence-corrected chi connectivity index (χ2v) is 7.05. The van der Waals surface area contributed by atoms with Crippen LogP contribution in [0.1, 0.15) is 30.3 Å². The molecule has 6 heteroatoms. The van der Waals surface area contributed by atoms with Crippen molar-refractivity contribution < 1.29 is 14.5 Å². The molecule has 0 aliphatic rings. The minimum Gasteiger partial charge on any atom is -0.346 e. The number of quaternary nitrogens is 1. The van der Waals surface area contributed by atoms with Gasteiger partial charge in [-0.25, -0.2) is 0 Å². The Balaban J connectivity index is 1.76. The zero-order valence-corrected chi connectivity index (χ0v) is 15.6. The highest BCUT2D eigenvalue weighted by Gasteiger charge is 2.18. The third-order valence-electron chi connectivity index (χ3n) is 4.04. The number of carbonyl (C=O) groups excluding carboxylic acids is 2. The van der Waals surface area contributed by atoms with Gasteiger partial charge in [-0.3, -0.25) is 9.59 Å². The van der Waals surface area contributed by atoms with Gasteiger partial charge in [-0.15, -0.1) is 11.3 Å². The van der Waals surface area contributed by atoms with Gasteiger partial charge in [0.2, 0.25) is 0 Å². The molecule has 5 nitrogen and oxygen atoms in total. The second kappa shape index (κ2) is 9.96. The Morgan fingerprint density at radius 3 is 2.44 bits per heavy atom. The van der Waals surface area contributed by atoms with E-state index in [1.165, 1.54) is 0 Å². The minimum absolute atomic E-state index is 0.0332. The van der Waals surface area contributed by atoms with E-state index in [0.29, 0.717) is 19.6 Å². The fraction of sp³-hybridized carbons (Fsp3) is 0.368. The van der Waals surface area contributed by atoms with Crippen molar-refractivity contribution in [2.75, 3.05) is 19.6 Å². The van der Waals surface area contributed by atoms with E-state index >= 15 is 0 Å².